The van der Waals surface area contributed by atoms with Crippen LogP contribution in [-0.4, -0.2) is 56.4 Å². The summed E-state index contributed by atoms with van der Waals surface area (Å²) in [4.78, 5) is 12.1. The third-order valence-electron chi connectivity index (χ3n) is 2.80. The first kappa shape index (κ1) is 15.2. The van der Waals surface area contributed by atoms with Crippen LogP contribution in [0.25, 0.3) is 0 Å². The summed E-state index contributed by atoms with van der Waals surface area (Å²) in [7, 11) is 1.15. The molecule has 1 fully saturated rings. The van der Waals surface area contributed by atoms with Crippen molar-refractivity contribution in [3.05, 3.63) is 0 Å². The molecule has 1 aliphatic heterocycles. The Morgan fingerprint density at radius 3 is 2.56 bits per heavy atom. The zero-order valence-corrected chi connectivity index (χ0v) is 10.4. The molecule has 0 aliphatic carbocycles. The maximum Gasteiger partial charge on any atom is 0.406 e. The lowest BCUT2D eigenvalue weighted by Crippen LogP contribution is -2.37. The van der Waals surface area contributed by atoms with Crippen LogP contribution in [0.5, 0.6) is 0 Å². The molecule has 1 aliphatic rings. The van der Waals surface area contributed by atoms with Crippen molar-refractivity contribution in [2.45, 2.75) is 31.5 Å². The van der Waals surface area contributed by atoms with E-state index in [-0.39, 0.29) is 19.1 Å². The Balaban J connectivity index is 2.15. The van der Waals surface area contributed by atoms with Crippen molar-refractivity contribution in [3.63, 3.8) is 0 Å². The quantitative estimate of drug-likeness (QED) is 0.813. The van der Waals surface area contributed by atoms with Crippen LogP contribution in [0.15, 0.2) is 0 Å². The highest BCUT2D eigenvalue weighted by molar-refractivity contribution is 5.75. The topological polar surface area (TPSA) is 41.6 Å². The monoisotopic (exact) mass is 268 g/mol. The van der Waals surface area contributed by atoms with E-state index in [0.717, 1.165) is 33.0 Å². The molecule has 1 rings (SSSR count). The maximum atomic E-state index is 12.0. The Morgan fingerprint density at radius 1 is 1.39 bits per heavy atom. The van der Waals surface area contributed by atoms with E-state index in [1.54, 1.807) is 0 Å². The summed E-state index contributed by atoms with van der Waals surface area (Å²) in [6.07, 6.45) is -2.47. The minimum absolute atomic E-state index is 0.00346. The van der Waals surface area contributed by atoms with Crippen LogP contribution in [-0.2, 0) is 9.53 Å². The number of piperidine rings is 1. The number of hydrogen-bond acceptors (Lipinski definition) is 3. The number of alkyl halides is 3. The molecule has 0 atom stereocenters. The van der Waals surface area contributed by atoms with Gasteiger partial charge < -0.3 is 15.0 Å². The highest BCUT2D eigenvalue weighted by Gasteiger charge is 2.31. The Bertz CT molecular complexity index is 266. The number of ether oxygens (including phenoxy) is 1. The number of hydrogen-bond donors (Lipinski definition) is 1. The van der Waals surface area contributed by atoms with Crippen molar-refractivity contribution in [1.82, 2.24) is 10.2 Å². The van der Waals surface area contributed by atoms with Crippen LogP contribution in [0, 0.1) is 0 Å². The predicted octanol–water partition coefficient (Wildman–Crippen LogP) is 1.17. The first-order chi connectivity index (χ1) is 8.38. The van der Waals surface area contributed by atoms with Gasteiger partial charge in [-0.3, -0.25) is 4.79 Å². The van der Waals surface area contributed by atoms with Gasteiger partial charge in [0.05, 0.1) is 19.1 Å². The van der Waals surface area contributed by atoms with E-state index in [0.29, 0.717) is 4.90 Å². The van der Waals surface area contributed by atoms with Gasteiger partial charge in [0.15, 0.2) is 0 Å². The number of rotatable bonds is 5. The molecule has 0 aromatic carbocycles. The lowest BCUT2D eigenvalue weighted by atomic mass is 10.1. The summed E-state index contributed by atoms with van der Waals surface area (Å²) in [5, 5.41) is 3.18. The van der Waals surface area contributed by atoms with Crippen molar-refractivity contribution in [2.24, 2.45) is 0 Å². The lowest BCUT2D eigenvalue weighted by molar-refractivity contribution is -0.159. The van der Waals surface area contributed by atoms with Gasteiger partial charge in [0.2, 0.25) is 5.91 Å². The molecule has 1 amide bonds. The van der Waals surface area contributed by atoms with Gasteiger partial charge >= 0.3 is 6.18 Å². The largest absolute Gasteiger partial charge is 0.406 e. The van der Waals surface area contributed by atoms with Crippen molar-refractivity contribution >= 4 is 5.91 Å². The molecule has 0 bridgehead atoms. The first-order valence-corrected chi connectivity index (χ1v) is 6.01. The third-order valence-corrected chi connectivity index (χ3v) is 2.80. The summed E-state index contributed by atoms with van der Waals surface area (Å²) in [5.74, 6) is -0.541. The van der Waals surface area contributed by atoms with Crippen LogP contribution < -0.4 is 5.32 Å². The number of nitrogens with one attached hydrogen (secondary N) is 1. The molecule has 0 aromatic rings. The van der Waals surface area contributed by atoms with Crippen molar-refractivity contribution in [2.75, 3.05) is 33.3 Å². The van der Waals surface area contributed by atoms with Crippen LogP contribution in [0.2, 0.25) is 0 Å². The molecular formula is C11H19F3N2O2. The third kappa shape index (κ3) is 6.20. The summed E-state index contributed by atoms with van der Waals surface area (Å²) in [6.45, 7) is 0.740. The minimum Gasteiger partial charge on any atom is -0.378 e. The number of carbonyl (C=O) groups is 1. The second kappa shape index (κ2) is 6.94. The standard InChI is InChI=1S/C11H19F3N2O2/c1-16(8-11(12,13)14)10(17)4-7-18-9-2-5-15-6-3-9/h9,15H,2-8H2,1H3. The number of carbonyl (C=O) groups excluding carboxylic acids is 1. The van der Waals surface area contributed by atoms with Gasteiger partial charge in [-0.15, -0.1) is 0 Å². The van der Waals surface area contributed by atoms with Crippen LogP contribution >= 0.6 is 0 Å². The molecule has 18 heavy (non-hydrogen) atoms. The Kier molecular flexibility index (Phi) is 5.87. The summed E-state index contributed by atoms with van der Waals surface area (Å²) >= 11 is 0. The van der Waals surface area contributed by atoms with E-state index in [4.69, 9.17) is 4.74 Å². The number of amides is 1. The van der Waals surface area contributed by atoms with E-state index in [2.05, 4.69) is 5.32 Å². The van der Waals surface area contributed by atoms with Gasteiger partial charge in [-0.25, -0.2) is 0 Å². The lowest BCUT2D eigenvalue weighted by Gasteiger charge is -2.23. The normalized spacial score (nSPS) is 17.8. The van der Waals surface area contributed by atoms with E-state index in [1.165, 1.54) is 0 Å². The molecule has 106 valence electrons. The zero-order valence-electron chi connectivity index (χ0n) is 10.4. The van der Waals surface area contributed by atoms with Gasteiger partial charge in [-0.1, -0.05) is 0 Å². The van der Waals surface area contributed by atoms with Crippen molar-refractivity contribution in [3.8, 4) is 0 Å². The van der Waals surface area contributed by atoms with Crippen LogP contribution in [0.3, 0.4) is 0 Å². The van der Waals surface area contributed by atoms with Gasteiger partial charge in [-0.05, 0) is 25.9 Å². The average Bonchev–Trinajstić information content (AvgIpc) is 2.28. The van der Waals surface area contributed by atoms with Crippen molar-refractivity contribution in [1.29, 1.82) is 0 Å². The van der Waals surface area contributed by atoms with Crippen LogP contribution in [0.4, 0.5) is 13.2 Å². The fraction of sp³-hybridized carbons (Fsp3) is 0.909. The van der Waals surface area contributed by atoms with E-state index in [9.17, 15) is 18.0 Å². The fourth-order valence-electron chi connectivity index (χ4n) is 1.82. The molecular weight excluding hydrogens is 249 g/mol. The fourth-order valence-corrected chi connectivity index (χ4v) is 1.82. The van der Waals surface area contributed by atoms with Gasteiger partial charge in [0, 0.05) is 7.05 Å². The Hall–Kier alpha value is -0.820. The SMILES string of the molecule is CN(CC(F)(F)F)C(=O)CCOC1CCNCC1. The smallest absolute Gasteiger partial charge is 0.378 e. The molecule has 1 N–H and O–H groups in total. The van der Waals surface area contributed by atoms with Crippen LogP contribution in [0.1, 0.15) is 19.3 Å². The molecule has 4 nitrogen and oxygen atoms in total. The van der Waals surface area contributed by atoms with E-state index < -0.39 is 18.6 Å². The number of nitrogens with zero attached hydrogens (tertiary/aromatic N) is 1. The molecule has 0 unspecified atom stereocenters. The zero-order chi connectivity index (χ0) is 13.6. The second-order valence-electron chi connectivity index (χ2n) is 4.44. The Morgan fingerprint density at radius 2 is 2.00 bits per heavy atom. The van der Waals surface area contributed by atoms with Gasteiger partial charge in [0.1, 0.15) is 6.54 Å². The molecule has 0 aromatic heterocycles. The van der Waals surface area contributed by atoms with E-state index in [1.807, 2.05) is 0 Å². The van der Waals surface area contributed by atoms with Gasteiger partial charge in [0.25, 0.3) is 0 Å². The van der Waals surface area contributed by atoms with E-state index >= 15 is 0 Å². The molecule has 0 radical (unpaired) electrons. The highest BCUT2D eigenvalue weighted by Crippen LogP contribution is 2.16. The summed E-state index contributed by atoms with van der Waals surface area (Å²) in [6, 6.07) is 0. The molecule has 7 heteroatoms. The highest BCUT2D eigenvalue weighted by atomic mass is 19.4. The van der Waals surface area contributed by atoms with Gasteiger partial charge in [-0.2, -0.15) is 13.2 Å². The van der Waals surface area contributed by atoms with Crippen molar-refractivity contribution < 1.29 is 22.7 Å². The average molecular weight is 268 g/mol. The first-order valence-electron chi connectivity index (χ1n) is 6.01. The molecule has 1 heterocycles. The maximum absolute atomic E-state index is 12.0. The predicted molar refractivity (Wildman–Crippen MR) is 60.2 cm³/mol. The molecule has 0 spiro atoms. The number of halogens is 3. The Labute approximate surface area is 104 Å². The molecule has 1 saturated heterocycles. The second-order valence-corrected chi connectivity index (χ2v) is 4.44. The minimum atomic E-state index is -4.35. The summed E-state index contributed by atoms with van der Waals surface area (Å²) in [5.41, 5.74) is 0. The summed E-state index contributed by atoms with van der Waals surface area (Å²) < 4.78 is 41.6. The molecule has 0 saturated carbocycles.